The molecule has 4 rings (SSSR count). The van der Waals surface area contributed by atoms with Gasteiger partial charge in [0.25, 0.3) is 0 Å². The van der Waals surface area contributed by atoms with E-state index < -0.39 is 0 Å². The van der Waals surface area contributed by atoms with Crippen LogP contribution in [0.2, 0.25) is 0 Å². The summed E-state index contributed by atoms with van der Waals surface area (Å²) in [6.07, 6.45) is 1.70. The third-order valence-electron chi connectivity index (χ3n) is 5.31. The quantitative estimate of drug-likeness (QED) is 0.599. The molecule has 2 aliphatic rings. The van der Waals surface area contributed by atoms with Gasteiger partial charge in [0.15, 0.2) is 12.8 Å². The molecule has 0 radical (unpaired) electrons. The van der Waals surface area contributed by atoms with Crippen LogP contribution < -0.4 is 20.3 Å². The highest BCUT2D eigenvalue weighted by Crippen LogP contribution is 2.29. The van der Waals surface area contributed by atoms with Crippen molar-refractivity contribution < 1.29 is 13.9 Å². The van der Waals surface area contributed by atoms with Crippen molar-refractivity contribution in [3.63, 3.8) is 0 Å². The van der Waals surface area contributed by atoms with Crippen LogP contribution in [0, 0.1) is 5.82 Å². The van der Waals surface area contributed by atoms with E-state index in [1.54, 1.807) is 7.05 Å². The molecule has 2 aromatic rings. The summed E-state index contributed by atoms with van der Waals surface area (Å²) in [7, 11) is 1.77. The third kappa shape index (κ3) is 4.79. The predicted molar refractivity (Wildman–Crippen MR) is 112 cm³/mol. The van der Waals surface area contributed by atoms with Crippen LogP contribution in [0.3, 0.4) is 0 Å². The Morgan fingerprint density at radius 2 is 2.14 bits per heavy atom. The van der Waals surface area contributed by atoms with Crippen LogP contribution >= 0.6 is 0 Å². The summed E-state index contributed by atoms with van der Waals surface area (Å²) >= 11 is 0. The lowest BCUT2D eigenvalue weighted by Gasteiger charge is -2.22. The number of ether oxygens (including phenoxy) is 2. The first-order chi connectivity index (χ1) is 14.2. The van der Waals surface area contributed by atoms with E-state index in [9.17, 15) is 4.39 Å². The monoisotopic (exact) mass is 398 g/mol. The summed E-state index contributed by atoms with van der Waals surface area (Å²) in [4.78, 5) is 6.71. The maximum Gasteiger partial charge on any atom is 0.191 e. The van der Waals surface area contributed by atoms with Gasteiger partial charge in [-0.1, -0.05) is 18.2 Å². The van der Waals surface area contributed by atoms with E-state index in [1.807, 2.05) is 6.07 Å². The fraction of sp³-hybridized carbons (Fsp3) is 0.409. The number of para-hydroxylation sites is 1. The Kier molecular flexibility index (Phi) is 6.14. The predicted octanol–water partition coefficient (Wildman–Crippen LogP) is 2.68. The van der Waals surface area contributed by atoms with Crippen molar-refractivity contribution in [2.75, 3.05) is 38.4 Å². The lowest BCUT2D eigenvalue weighted by Crippen LogP contribution is -2.45. The second-order valence-corrected chi connectivity index (χ2v) is 7.32. The number of aliphatic imine (C=N–C) groups is 1. The zero-order valence-corrected chi connectivity index (χ0v) is 16.7. The second kappa shape index (κ2) is 9.13. The highest BCUT2D eigenvalue weighted by molar-refractivity contribution is 5.80. The van der Waals surface area contributed by atoms with E-state index in [0.717, 1.165) is 42.3 Å². The van der Waals surface area contributed by atoms with Crippen LogP contribution in [-0.4, -0.2) is 45.5 Å². The minimum absolute atomic E-state index is 0.210. The molecule has 0 amide bonds. The molecule has 1 atom stereocenters. The average molecular weight is 398 g/mol. The zero-order valence-electron chi connectivity index (χ0n) is 16.7. The molecule has 29 heavy (non-hydrogen) atoms. The summed E-state index contributed by atoms with van der Waals surface area (Å²) in [5.41, 5.74) is 2.86. The Hall–Kier alpha value is -2.80. The van der Waals surface area contributed by atoms with Crippen molar-refractivity contribution in [2.24, 2.45) is 4.99 Å². The number of nitrogens with one attached hydrogen (secondary N) is 2. The largest absolute Gasteiger partial charge is 0.467 e. The number of rotatable bonds is 5. The van der Waals surface area contributed by atoms with Crippen LogP contribution in [0.4, 0.5) is 10.1 Å². The molecule has 1 unspecified atom stereocenters. The van der Waals surface area contributed by atoms with Gasteiger partial charge in [0, 0.05) is 44.0 Å². The molecule has 2 heterocycles. The third-order valence-corrected chi connectivity index (χ3v) is 5.31. The Morgan fingerprint density at radius 3 is 2.97 bits per heavy atom. The van der Waals surface area contributed by atoms with Gasteiger partial charge in [0.2, 0.25) is 0 Å². The summed E-state index contributed by atoms with van der Waals surface area (Å²) in [5, 5.41) is 6.83. The van der Waals surface area contributed by atoms with Gasteiger partial charge in [-0.05, 0) is 42.7 Å². The van der Waals surface area contributed by atoms with E-state index in [1.165, 1.54) is 17.8 Å². The summed E-state index contributed by atoms with van der Waals surface area (Å²) in [6, 6.07) is 13.8. The SMILES string of the molecule is CN=C(NCCc1cc(F)cc2c1OCOC2)NC1CCN(c2ccccc2)C1. The van der Waals surface area contributed by atoms with E-state index in [-0.39, 0.29) is 12.6 Å². The standard InChI is InChI=1S/C22H27FN4O2/c1-24-22(26-19-8-10-27(13-19)20-5-3-2-4-6-20)25-9-7-16-11-18(23)12-17-14-28-15-29-21(16)17/h2-6,11-12,19H,7-10,13-15H2,1H3,(H2,24,25,26). The molecule has 0 bridgehead atoms. The first-order valence-electron chi connectivity index (χ1n) is 10.0. The normalized spacial score (nSPS) is 18.9. The van der Waals surface area contributed by atoms with Crippen LogP contribution in [-0.2, 0) is 17.8 Å². The van der Waals surface area contributed by atoms with Gasteiger partial charge >= 0.3 is 0 Å². The van der Waals surface area contributed by atoms with Gasteiger partial charge in [0.1, 0.15) is 11.6 Å². The summed E-state index contributed by atoms with van der Waals surface area (Å²) in [5.74, 6) is 1.25. The minimum atomic E-state index is -0.262. The average Bonchev–Trinajstić information content (AvgIpc) is 3.22. The topological polar surface area (TPSA) is 58.1 Å². The number of benzene rings is 2. The van der Waals surface area contributed by atoms with Crippen LogP contribution in [0.1, 0.15) is 17.5 Å². The van der Waals surface area contributed by atoms with Crippen LogP contribution in [0.25, 0.3) is 0 Å². The molecule has 2 N–H and O–H groups in total. The van der Waals surface area contributed by atoms with Crippen LogP contribution in [0.5, 0.6) is 5.75 Å². The molecule has 154 valence electrons. The van der Waals surface area contributed by atoms with E-state index in [2.05, 4.69) is 44.8 Å². The molecule has 2 aliphatic heterocycles. The summed E-state index contributed by atoms with van der Waals surface area (Å²) in [6.45, 7) is 3.19. The van der Waals surface area contributed by atoms with Crippen molar-refractivity contribution in [1.29, 1.82) is 0 Å². The Morgan fingerprint density at radius 1 is 1.28 bits per heavy atom. The molecule has 0 spiro atoms. The number of fused-ring (bicyclic) bond motifs is 1. The number of anilines is 1. The van der Waals surface area contributed by atoms with Gasteiger partial charge in [-0.3, -0.25) is 4.99 Å². The number of guanidine groups is 1. The van der Waals surface area contributed by atoms with Gasteiger partial charge < -0.3 is 25.0 Å². The Bertz CT molecular complexity index is 859. The van der Waals surface area contributed by atoms with Crippen LogP contribution in [0.15, 0.2) is 47.5 Å². The molecule has 7 heteroatoms. The fourth-order valence-corrected chi connectivity index (χ4v) is 3.90. The van der Waals surface area contributed by atoms with E-state index >= 15 is 0 Å². The molecule has 1 saturated heterocycles. The number of halogens is 1. The molecule has 1 fully saturated rings. The van der Waals surface area contributed by atoms with Gasteiger partial charge in [0.05, 0.1) is 6.61 Å². The van der Waals surface area contributed by atoms with Crippen molar-refractivity contribution in [2.45, 2.75) is 25.5 Å². The lowest BCUT2D eigenvalue weighted by molar-refractivity contribution is -0.0172. The van der Waals surface area contributed by atoms with Crippen molar-refractivity contribution in [3.8, 4) is 5.75 Å². The van der Waals surface area contributed by atoms with E-state index in [0.29, 0.717) is 25.6 Å². The first-order valence-corrected chi connectivity index (χ1v) is 10.0. The fourth-order valence-electron chi connectivity index (χ4n) is 3.90. The first kappa shape index (κ1) is 19.5. The van der Waals surface area contributed by atoms with Gasteiger partial charge in [-0.2, -0.15) is 0 Å². The van der Waals surface area contributed by atoms with Crippen molar-refractivity contribution >= 4 is 11.6 Å². The second-order valence-electron chi connectivity index (χ2n) is 7.32. The maximum absolute atomic E-state index is 13.9. The zero-order chi connectivity index (χ0) is 20.1. The van der Waals surface area contributed by atoms with Crippen molar-refractivity contribution in [3.05, 3.63) is 59.4 Å². The highest BCUT2D eigenvalue weighted by atomic mass is 19.1. The highest BCUT2D eigenvalue weighted by Gasteiger charge is 2.23. The summed E-state index contributed by atoms with van der Waals surface area (Å²) < 4.78 is 24.7. The molecular formula is C22H27FN4O2. The molecule has 2 aromatic carbocycles. The molecule has 0 saturated carbocycles. The number of hydrogen-bond donors (Lipinski definition) is 2. The minimum Gasteiger partial charge on any atom is -0.467 e. The van der Waals surface area contributed by atoms with E-state index in [4.69, 9.17) is 9.47 Å². The number of hydrogen-bond acceptors (Lipinski definition) is 4. The van der Waals surface area contributed by atoms with Gasteiger partial charge in [-0.25, -0.2) is 4.39 Å². The van der Waals surface area contributed by atoms with Crippen molar-refractivity contribution in [1.82, 2.24) is 10.6 Å². The number of nitrogens with zero attached hydrogens (tertiary/aromatic N) is 2. The molecule has 0 aromatic heterocycles. The Labute approximate surface area is 170 Å². The Balaban J connectivity index is 1.29. The maximum atomic E-state index is 13.9. The van der Waals surface area contributed by atoms with Gasteiger partial charge in [-0.15, -0.1) is 0 Å². The molecular weight excluding hydrogens is 371 g/mol. The lowest BCUT2D eigenvalue weighted by atomic mass is 10.1. The molecule has 6 nitrogen and oxygen atoms in total. The smallest absolute Gasteiger partial charge is 0.191 e. The molecule has 0 aliphatic carbocycles.